The van der Waals surface area contributed by atoms with Crippen molar-refractivity contribution >= 4 is 17.2 Å². The third-order valence-corrected chi connectivity index (χ3v) is 8.78. The number of pyridine rings is 2. The van der Waals surface area contributed by atoms with Crippen LogP contribution in [0.5, 0.6) is 5.75 Å². The van der Waals surface area contributed by atoms with Gasteiger partial charge >= 0.3 is 0 Å². The number of hydrogen-bond acceptors (Lipinski definition) is 4. The second-order valence-electron chi connectivity index (χ2n) is 14.2. The highest BCUT2D eigenvalue weighted by Crippen LogP contribution is 2.40. The normalized spacial score (nSPS) is 11.6. The number of aromatic nitrogens is 2. The fraction of sp³-hybridized carbons (Fsp3) is 0.227. The average Bonchev–Trinajstić information content (AvgIpc) is 3.05. The van der Waals surface area contributed by atoms with Crippen molar-refractivity contribution in [3.05, 3.63) is 144 Å². The Hall–Kier alpha value is -5.22. The highest BCUT2D eigenvalue weighted by atomic mass is 16.3. The Labute approximate surface area is 285 Å². The maximum Gasteiger partial charge on any atom is 0.137 e. The molecule has 0 spiro atoms. The Bertz CT molecular complexity index is 2030. The summed E-state index contributed by atoms with van der Waals surface area (Å²) in [5.74, 6) is 1.54. The van der Waals surface area contributed by atoms with Crippen molar-refractivity contribution in [1.29, 1.82) is 0 Å². The van der Waals surface area contributed by atoms with Crippen LogP contribution in [0.1, 0.15) is 56.9 Å². The fourth-order valence-electron chi connectivity index (χ4n) is 6.51. The zero-order valence-electron chi connectivity index (χ0n) is 29.1. The largest absolute Gasteiger partial charge is 0.507 e. The Balaban J connectivity index is 1.47. The van der Waals surface area contributed by atoms with Gasteiger partial charge in [-0.15, -0.1) is 0 Å². The molecule has 48 heavy (non-hydrogen) atoms. The molecule has 0 amide bonds. The number of hydrogen-bond donors (Lipinski definition) is 1. The second-order valence-corrected chi connectivity index (χ2v) is 14.2. The summed E-state index contributed by atoms with van der Waals surface area (Å²) in [6.45, 7) is 15.7. The molecule has 1 N–H and O–H groups in total. The van der Waals surface area contributed by atoms with Crippen molar-refractivity contribution < 1.29 is 5.11 Å². The standard InChI is InChI=1S/C44H45N3O/c1-29(2)22-32-25-39(46-40(26-32)38-18-8-9-19-41(38)48)33-14-12-16-36(27-33)47(42-20-10-11-21-45-42)37-17-13-15-34(28-37)43-30(3)23-35(24-31(43)4)44(5,6)7/h8-21,23-29,48H,22H2,1-7H3. The van der Waals surface area contributed by atoms with E-state index in [1.807, 2.05) is 42.6 Å². The van der Waals surface area contributed by atoms with Crippen LogP contribution in [0.15, 0.2) is 121 Å². The zero-order valence-corrected chi connectivity index (χ0v) is 29.1. The van der Waals surface area contributed by atoms with Crippen molar-refractivity contribution in [2.45, 2.75) is 60.3 Å². The van der Waals surface area contributed by atoms with E-state index in [0.717, 1.165) is 46.1 Å². The summed E-state index contributed by atoms with van der Waals surface area (Å²) in [6.07, 6.45) is 2.75. The van der Waals surface area contributed by atoms with Gasteiger partial charge in [-0.05, 0) is 126 Å². The molecule has 0 aliphatic carbocycles. The number of benzene rings is 4. The average molecular weight is 632 g/mol. The fourth-order valence-corrected chi connectivity index (χ4v) is 6.51. The van der Waals surface area contributed by atoms with Crippen molar-refractivity contribution in [2.75, 3.05) is 4.90 Å². The Morgan fingerprint density at radius 3 is 1.94 bits per heavy atom. The van der Waals surface area contributed by atoms with E-state index in [0.29, 0.717) is 5.92 Å². The molecule has 0 bridgehead atoms. The Kier molecular flexibility index (Phi) is 9.19. The summed E-state index contributed by atoms with van der Waals surface area (Å²) in [7, 11) is 0. The molecular formula is C44H45N3O. The Morgan fingerprint density at radius 2 is 1.31 bits per heavy atom. The molecule has 6 rings (SSSR count). The van der Waals surface area contributed by atoms with E-state index in [-0.39, 0.29) is 11.2 Å². The van der Waals surface area contributed by atoms with Crippen LogP contribution in [0, 0.1) is 19.8 Å². The molecule has 0 aliphatic heterocycles. The first kappa shape index (κ1) is 32.7. The molecule has 6 aromatic rings. The Morgan fingerprint density at radius 1 is 0.688 bits per heavy atom. The summed E-state index contributed by atoms with van der Waals surface area (Å²) in [4.78, 5) is 12.1. The van der Waals surface area contributed by atoms with Gasteiger partial charge in [0.05, 0.1) is 11.4 Å². The first-order valence-electron chi connectivity index (χ1n) is 16.8. The van der Waals surface area contributed by atoms with E-state index in [9.17, 15) is 5.11 Å². The topological polar surface area (TPSA) is 49.2 Å². The van der Waals surface area contributed by atoms with Gasteiger partial charge in [-0.25, -0.2) is 9.97 Å². The molecule has 2 aromatic heterocycles. The molecule has 4 heteroatoms. The molecule has 0 radical (unpaired) electrons. The lowest BCUT2D eigenvalue weighted by Gasteiger charge is -2.26. The van der Waals surface area contributed by atoms with Crippen LogP contribution < -0.4 is 4.90 Å². The van der Waals surface area contributed by atoms with Gasteiger partial charge in [-0.2, -0.15) is 0 Å². The van der Waals surface area contributed by atoms with Crippen LogP contribution in [0.25, 0.3) is 33.6 Å². The molecule has 0 atom stereocenters. The molecule has 0 fully saturated rings. The predicted octanol–water partition coefficient (Wildman–Crippen LogP) is 11.8. The highest BCUT2D eigenvalue weighted by Gasteiger charge is 2.20. The quantitative estimate of drug-likeness (QED) is 0.182. The number of phenols is 1. The van der Waals surface area contributed by atoms with Crippen LogP contribution in [0.3, 0.4) is 0 Å². The van der Waals surface area contributed by atoms with E-state index in [1.54, 1.807) is 6.07 Å². The van der Waals surface area contributed by atoms with Gasteiger partial charge in [0.2, 0.25) is 0 Å². The number of rotatable bonds is 8. The van der Waals surface area contributed by atoms with Gasteiger partial charge in [0.15, 0.2) is 0 Å². The SMILES string of the molecule is Cc1cc(C(C)(C)C)cc(C)c1-c1cccc(N(c2cccc(-c3cc(CC(C)C)cc(-c4ccccc4O)n3)c2)c2ccccn2)c1. The lowest BCUT2D eigenvalue weighted by Crippen LogP contribution is -2.12. The summed E-state index contributed by atoms with van der Waals surface area (Å²) in [6, 6.07) is 39.6. The number of phenolic OH excluding ortho intramolecular Hbond substituents is 1. The molecule has 0 aliphatic rings. The van der Waals surface area contributed by atoms with Crippen molar-refractivity contribution in [1.82, 2.24) is 9.97 Å². The van der Waals surface area contributed by atoms with Gasteiger partial charge in [-0.3, -0.25) is 4.90 Å². The summed E-state index contributed by atoms with van der Waals surface area (Å²) in [5, 5.41) is 10.7. The van der Waals surface area contributed by atoms with Crippen molar-refractivity contribution in [3.8, 4) is 39.4 Å². The molecule has 2 heterocycles. The molecule has 0 unspecified atom stereocenters. The summed E-state index contributed by atoms with van der Waals surface area (Å²) < 4.78 is 0. The summed E-state index contributed by atoms with van der Waals surface area (Å²) >= 11 is 0. The van der Waals surface area contributed by atoms with E-state index < -0.39 is 0 Å². The minimum Gasteiger partial charge on any atom is -0.507 e. The van der Waals surface area contributed by atoms with Crippen LogP contribution in [-0.4, -0.2) is 15.1 Å². The number of aryl methyl sites for hydroxylation is 2. The van der Waals surface area contributed by atoms with Crippen LogP contribution >= 0.6 is 0 Å². The second kappa shape index (κ2) is 13.5. The molecule has 0 saturated carbocycles. The van der Waals surface area contributed by atoms with E-state index in [1.165, 1.54) is 33.4 Å². The molecule has 4 nitrogen and oxygen atoms in total. The van der Waals surface area contributed by atoms with Gasteiger partial charge in [0.25, 0.3) is 0 Å². The van der Waals surface area contributed by atoms with Gasteiger partial charge in [0.1, 0.15) is 11.6 Å². The first-order chi connectivity index (χ1) is 23.0. The minimum absolute atomic E-state index is 0.0854. The molecule has 0 saturated heterocycles. The summed E-state index contributed by atoms with van der Waals surface area (Å²) in [5.41, 5.74) is 13.0. The van der Waals surface area contributed by atoms with Gasteiger partial charge in [-0.1, -0.05) is 89.2 Å². The number of nitrogens with zero attached hydrogens (tertiary/aromatic N) is 3. The number of aromatic hydroxyl groups is 1. The van der Waals surface area contributed by atoms with Crippen LogP contribution in [0.4, 0.5) is 17.2 Å². The van der Waals surface area contributed by atoms with E-state index >= 15 is 0 Å². The maximum absolute atomic E-state index is 10.7. The highest BCUT2D eigenvalue weighted by molar-refractivity contribution is 5.82. The van der Waals surface area contributed by atoms with Crippen LogP contribution in [-0.2, 0) is 11.8 Å². The van der Waals surface area contributed by atoms with Crippen molar-refractivity contribution in [2.24, 2.45) is 5.92 Å². The molecular weight excluding hydrogens is 587 g/mol. The number of para-hydroxylation sites is 1. The van der Waals surface area contributed by atoms with E-state index in [4.69, 9.17) is 9.97 Å². The van der Waals surface area contributed by atoms with Crippen LogP contribution in [0.2, 0.25) is 0 Å². The smallest absolute Gasteiger partial charge is 0.137 e. The zero-order chi connectivity index (χ0) is 34.0. The van der Waals surface area contributed by atoms with E-state index in [2.05, 4.69) is 126 Å². The monoisotopic (exact) mass is 631 g/mol. The lowest BCUT2D eigenvalue weighted by atomic mass is 9.82. The maximum atomic E-state index is 10.7. The predicted molar refractivity (Wildman–Crippen MR) is 201 cm³/mol. The molecule has 242 valence electrons. The molecule has 4 aromatic carbocycles. The third-order valence-electron chi connectivity index (χ3n) is 8.78. The first-order valence-corrected chi connectivity index (χ1v) is 16.8. The number of anilines is 3. The van der Waals surface area contributed by atoms with Crippen molar-refractivity contribution in [3.63, 3.8) is 0 Å². The minimum atomic E-state index is 0.0854. The third kappa shape index (κ3) is 7.03. The lowest BCUT2D eigenvalue weighted by molar-refractivity contribution is 0.477. The van der Waals surface area contributed by atoms with Gasteiger partial charge in [0, 0.05) is 28.7 Å². The van der Waals surface area contributed by atoms with Gasteiger partial charge < -0.3 is 5.11 Å².